The molecule has 0 atom stereocenters. The molecular formula is C10H4O2Re4-4. The van der Waals surface area contributed by atoms with E-state index in [2.05, 4.69) is 34.5 Å². The van der Waals surface area contributed by atoms with Crippen LogP contribution in [0.2, 0.25) is 0 Å². The summed E-state index contributed by atoms with van der Waals surface area (Å²) in [5.41, 5.74) is 1.90. The monoisotopic (exact) mass is 904 g/mol. The Morgan fingerprint density at radius 1 is 0.562 bits per heavy atom. The molecule has 2 rings (SSSR count). The zero-order valence-corrected chi connectivity index (χ0v) is 18.5. The molecule has 0 saturated heterocycles. The standard InChI is InChI=1S/C10H4O2.4Re/c1-5-11-6-2-9(1)10-3-7-12-8-4-10;;;;/h1-4H;;;;/q-4;;;;. The van der Waals surface area contributed by atoms with Gasteiger partial charge in [0.1, 0.15) is 0 Å². The van der Waals surface area contributed by atoms with E-state index >= 15 is 0 Å². The van der Waals surface area contributed by atoms with Crippen LogP contribution in [0, 0.1) is 25.0 Å². The molecule has 0 N–H and O–H groups in total. The van der Waals surface area contributed by atoms with Gasteiger partial charge in [-0.1, -0.05) is 0 Å². The van der Waals surface area contributed by atoms with Gasteiger partial charge in [-0.15, -0.1) is 0 Å². The van der Waals surface area contributed by atoms with Crippen molar-refractivity contribution in [2.75, 3.05) is 0 Å². The number of ether oxygens (including phenoxy) is 2. The van der Waals surface area contributed by atoms with Gasteiger partial charge < -0.3 is 20.6 Å². The molecule has 6 heteroatoms. The summed E-state index contributed by atoms with van der Waals surface area (Å²) >= 11 is 0. The van der Waals surface area contributed by atoms with Gasteiger partial charge in [0.15, 0.2) is 0 Å². The normalized spacial score (nSPS) is 14.5. The molecule has 0 amide bonds. The predicted molar refractivity (Wildman–Crippen MR) is 40.4 cm³/mol. The van der Waals surface area contributed by atoms with Crippen molar-refractivity contribution in [3.05, 3.63) is 60.5 Å². The van der Waals surface area contributed by atoms with Crippen molar-refractivity contribution < 1.29 is 91.2 Å². The molecule has 2 aliphatic heterocycles. The molecule has 0 unspecified atom stereocenters. The second kappa shape index (κ2) is 12.4. The molecule has 0 aliphatic carbocycles. The molecule has 0 aromatic heterocycles. The van der Waals surface area contributed by atoms with Gasteiger partial charge >= 0.3 is 0 Å². The van der Waals surface area contributed by atoms with E-state index in [0.29, 0.717) is 0 Å². The fourth-order valence-electron chi connectivity index (χ4n) is 0.856. The van der Waals surface area contributed by atoms with Crippen molar-refractivity contribution in [3.63, 3.8) is 0 Å². The van der Waals surface area contributed by atoms with Crippen molar-refractivity contribution in [1.29, 1.82) is 0 Å². The smallest absolute Gasteiger partial charge is 0 e. The summed E-state index contributed by atoms with van der Waals surface area (Å²) in [6.07, 6.45) is 17.1. The molecule has 0 spiro atoms. The van der Waals surface area contributed by atoms with Crippen LogP contribution < -0.4 is 0 Å². The fourth-order valence-corrected chi connectivity index (χ4v) is 0.856. The van der Waals surface area contributed by atoms with E-state index in [-0.39, 0.29) is 81.7 Å². The van der Waals surface area contributed by atoms with Crippen molar-refractivity contribution in [2.24, 2.45) is 0 Å². The van der Waals surface area contributed by atoms with E-state index in [1.54, 1.807) is 24.3 Å². The minimum absolute atomic E-state index is 0. The summed E-state index contributed by atoms with van der Waals surface area (Å²) in [5, 5.41) is 0. The third-order valence-electron chi connectivity index (χ3n) is 1.43. The van der Waals surface area contributed by atoms with Crippen LogP contribution in [0.1, 0.15) is 0 Å². The van der Waals surface area contributed by atoms with Crippen LogP contribution >= 0.6 is 0 Å². The molecule has 0 bridgehead atoms. The summed E-state index contributed by atoms with van der Waals surface area (Å²) in [5.74, 6) is 0. The average molecular weight is 901 g/mol. The Balaban J connectivity index is -0.000000422. The number of allylic oxidation sites excluding steroid dienone is 6. The Bertz CT molecular complexity index is 270. The Morgan fingerprint density at radius 3 is 1.06 bits per heavy atom. The van der Waals surface area contributed by atoms with Crippen LogP contribution in [-0.4, -0.2) is 0 Å². The molecule has 0 aromatic carbocycles. The molecular weight excluding hydrogens is 897 g/mol. The van der Waals surface area contributed by atoms with Gasteiger partial charge in [0.25, 0.3) is 0 Å². The zero-order valence-electron chi connectivity index (χ0n) is 7.64. The fraction of sp³-hybridized carbons (Fsp3) is 0. The maximum atomic E-state index is 4.65. The third-order valence-corrected chi connectivity index (χ3v) is 1.43. The molecule has 2 aliphatic rings. The minimum Gasteiger partial charge on any atom is -0.722 e. The summed E-state index contributed by atoms with van der Waals surface area (Å²) < 4.78 is 9.29. The first kappa shape index (κ1) is 22.2. The van der Waals surface area contributed by atoms with Gasteiger partial charge in [0.2, 0.25) is 0 Å². The molecule has 0 fully saturated rings. The quantitative estimate of drug-likeness (QED) is 0.345. The Kier molecular flexibility index (Phi) is 17.2. The predicted octanol–water partition coefficient (Wildman–Crippen LogP) is 1.60. The average Bonchev–Trinajstić information content (AvgIpc) is 2.21. The molecule has 88 valence electrons. The molecule has 4 radical (unpaired) electrons. The molecule has 0 saturated carbocycles. The van der Waals surface area contributed by atoms with Crippen LogP contribution in [0.15, 0.2) is 35.5 Å². The third kappa shape index (κ3) is 6.63. The summed E-state index contributed by atoms with van der Waals surface area (Å²) in [4.78, 5) is 0. The largest absolute Gasteiger partial charge is 0.722 e. The van der Waals surface area contributed by atoms with E-state index in [4.69, 9.17) is 0 Å². The SMILES string of the molecule is [C-]1=CC(=C2C=[C-]O[C-]=C2)C=[C-]O1.[Re].[Re].[Re].[Re]. The first-order valence-corrected chi connectivity index (χ1v) is 3.38. The second-order valence-corrected chi connectivity index (χ2v) is 2.16. The number of hydrogen-bond donors (Lipinski definition) is 0. The van der Waals surface area contributed by atoms with E-state index < -0.39 is 0 Å². The van der Waals surface area contributed by atoms with Crippen LogP contribution in [0.25, 0.3) is 0 Å². The minimum atomic E-state index is 0. The van der Waals surface area contributed by atoms with Crippen LogP contribution in [0.5, 0.6) is 0 Å². The second-order valence-electron chi connectivity index (χ2n) is 2.16. The first-order chi connectivity index (χ1) is 5.97. The van der Waals surface area contributed by atoms with Gasteiger partial charge in [-0.25, -0.2) is 0 Å². The van der Waals surface area contributed by atoms with Crippen LogP contribution in [0.3, 0.4) is 0 Å². The Hall–Kier alpha value is 0.949. The zero-order chi connectivity index (χ0) is 8.23. The number of rotatable bonds is 0. The Morgan fingerprint density at radius 2 is 0.812 bits per heavy atom. The maximum absolute atomic E-state index is 4.65. The topological polar surface area (TPSA) is 18.5 Å². The number of hydrogen-bond acceptors (Lipinski definition) is 2. The van der Waals surface area contributed by atoms with Gasteiger partial charge in [-0.3, -0.25) is 24.3 Å². The molecule has 16 heavy (non-hydrogen) atoms. The van der Waals surface area contributed by atoms with Crippen molar-refractivity contribution in [2.45, 2.75) is 0 Å². The van der Waals surface area contributed by atoms with Gasteiger partial charge in [-0.2, -0.15) is 25.0 Å². The molecule has 2 heterocycles. The van der Waals surface area contributed by atoms with Gasteiger partial charge in [0, 0.05) is 81.7 Å². The van der Waals surface area contributed by atoms with Gasteiger partial charge in [-0.05, 0) is 0 Å². The van der Waals surface area contributed by atoms with E-state index in [9.17, 15) is 0 Å². The Labute approximate surface area is 150 Å². The van der Waals surface area contributed by atoms with Crippen molar-refractivity contribution in [3.8, 4) is 0 Å². The van der Waals surface area contributed by atoms with Crippen LogP contribution in [0.4, 0.5) is 0 Å². The van der Waals surface area contributed by atoms with E-state index in [0.717, 1.165) is 11.1 Å². The van der Waals surface area contributed by atoms with Crippen LogP contribution in [-0.2, 0) is 91.2 Å². The summed E-state index contributed by atoms with van der Waals surface area (Å²) in [7, 11) is 0. The first-order valence-electron chi connectivity index (χ1n) is 3.38. The molecule has 2 nitrogen and oxygen atoms in total. The van der Waals surface area contributed by atoms with Crippen molar-refractivity contribution in [1.82, 2.24) is 0 Å². The van der Waals surface area contributed by atoms with E-state index in [1.165, 1.54) is 0 Å². The van der Waals surface area contributed by atoms with Gasteiger partial charge in [0.05, 0.1) is 0 Å². The summed E-state index contributed by atoms with van der Waals surface area (Å²) in [6.45, 7) is 0. The maximum Gasteiger partial charge on any atom is 0 e. The molecule has 0 aromatic rings. The van der Waals surface area contributed by atoms with E-state index in [1.807, 2.05) is 0 Å². The van der Waals surface area contributed by atoms with Crippen molar-refractivity contribution >= 4 is 0 Å². The summed E-state index contributed by atoms with van der Waals surface area (Å²) in [6, 6.07) is 0.